The number of hydrogen-bond acceptors (Lipinski definition) is 1. The van der Waals surface area contributed by atoms with Crippen molar-refractivity contribution in [2.45, 2.75) is 45.6 Å². The van der Waals surface area contributed by atoms with Crippen LogP contribution in [-0.2, 0) is 4.79 Å². The standard InChI is InChI=1S/C16H23FN2O/c1-12-7-8-14(11-15(12)17)18-16(20)13(2)19-9-5-3-4-6-10-19/h7-8,11,13H,3-6,9-10H2,1-2H3,(H,18,20)/p+1/t13-/m1/s1. The summed E-state index contributed by atoms with van der Waals surface area (Å²) in [6.07, 6.45) is 4.90. The summed E-state index contributed by atoms with van der Waals surface area (Å²) in [7, 11) is 0. The highest BCUT2D eigenvalue weighted by molar-refractivity contribution is 5.93. The number of quaternary nitrogens is 1. The maximum Gasteiger partial charge on any atom is 0.282 e. The number of carbonyl (C=O) groups excluding carboxylic acids is 1. The maximum atomic E-state index is 13.5. The monoisotopic (exact) mass is 279 g/mol. The average molecular weight is 279 g/mol. The molecular formula is C16H24FN2O+. The van der Waals surface area contributed by atoms with E-state index in [0.717, 1.165) is 13.1 Å². The summed E-state index contributed by atoms with van der Waals surface area (Å²) in [6, 6.07) is 4.74. The number of halogens is 1. The van der Waals surface area contributed by atoms with Crippen molar-refractivity contribution in [1.82, 2.24) is 0 Å². The van der Waals surface area contributed by atoms with Crippen molar-refractivity contribution in [3.8, 4) is 0 Å². The Morgan fingerprint density at radius 3 is 2.50 bits per heavy atom. The van der Waals surface area contributed by atoms with Gasteiger partial charge in [-0.05, 0) is 57.2 Å². The number of likely N-dealkylation sites (tertiary alicyclic amines) is 1. The summed E-state index contributed by atoms with van der Waals surface area (Å²) in [5, 5.41) is 2.83. The first-order valence-corrected chi connectivity index (χ1v) is 7.49. The van der Waals surface area contributed by atoms with Crippen molar-refractivity contribution < 1.29 is 14.1 Å². The second kappa shape index (κ2) is 6.84. The first-order chi connectivity index (χ1) is 9.58. The smallest absolute Gasteiger partial charge is 0.282 e. The largest absolute Gasteiger partial charge is 0.325 e. The average Bonchev–Trinajstić information content (AvgIpc) is 2.71. The van der Waals surface area contributed by atoms with Gasteiger partial charge in [0.1, 0.15) is 5.82 Å². The SMILES string of the molecule is Cc1ccc(NC(=O)[C@@H](C)[NH+]2CCCCCC2)cc1F. The number of hydrogen-bond donors (Lipinski definition) is 2. The lowest BCUT2D eigenvalue weighted by Gasteiger charge is -2.23. The molecule has 1 fully saturated rings. The molecule has 2 rings (SSSR count). The highest BCUT2D eigenvalue weighted by Crippen LogP contribution is 2.13. The molecule has 0 spiro atoms. The molecule has 20 heavy (non-hydrogen) atoms. The van der Waals surface area contributed by atoms with Gasteiger partial charge in [-0.2, -0.15) is 0 Å². The van der Waals surface area contributed by atoms with E-state index in [2.05, 4.69) is 5.32 Å². The van der Waals surface area contributed by atoms with Gasteiger partial charge in [0.05, 0.1) is 13.1 Å². The molecule has 0 unspecified atom stereocenters. The van der Waals surface area contributed by atoms with Crippen LogP contribution in [0.1, 0.15) is 38.2 Å². The number of rotatable bonds is 3. The van der Waals surface area contributed by atoms with E-state index in [1.807, 2.05) is 6.92 Å². The fraction of sp³-hybridized carbons (Fsp3) is 0.562. The van der Waals surface area contributed by atoms with Gasteiger partial charge in [-0.15, -0.1) is 0 Å². The first-order valence-electron chi connectivity index (χ1n) is 7.49. The van der Waals surface area contributed by atoms with Gasteiger partial charge >= 0.3 is 0 Å². The minimum Gasteiger partial charge on any atom is -0.325 e. The van der Waals surface area contributed by atoms with Gasteiger partial charge in [0.2, 0.25) is 0 Å². The maximum absolute atomic E-state index is 13.5. The molecule has 1 aliphatic heterocycles. The summed E-state index contributed by atoms with van der Waals surface area (Å²) in [5.41, 5.74) is 1.13. The third kappa shape index (κ3) is 3.79. The molecule has 110 valence electrons. The molecule has 0 bridgehead atoms. The normalized spacial score (nSPS) is 18.4. The van der Waals surface area contributed by atoms with E-state index in [0.29, 0.717) is 11.3 Å². The lowest BCUT2D eigenvalue weighted by Crippen LogP contribution is -3.16. The summed E-state index contributed by atoms with van der Waals surface area (Å²) >= 11 is 0. The predicted molar refractivity (Wildman–Crippen MR) is 78.4 cm³/mol. The summed E-state index contributed by atoms with van der Waals surface area (Å²) in [6.45, 7) is 5.78. The van der Waals surface area contributed by atoms with Crippen molar-refractivity contribution in [3.63, 3.8) is 0 Å². The quantitative estimate of drug-likeness (QED) is 0.871. The Balaban J connectivity index is 1.97. The Morgan fingerprint density at radius 1 is 1.25 bits per heavy atom. The Hall–Kier alpha value is -1.42. The fourth-order valence-electron chi connectivity index (χ4n) is 2.72. The molecule has 3 nitrogen and oxygen atoms in total. The topological polar surface area (TPSA) is 33.5 Å². The lowest BCUT2D eigenvalue weighted by molar-refractivity contribution is -0.913. The van der Waals surface area contributed by atoms with Crippen LogP contribution in [0.3, 0.4) is 0 Å². The zero-order valence-corrected chi connectivity index (χ0v) is 12.3. The van der Waals surface area contributed by atoms with Gasteiger partial charge in [0.25, 0.3) is 5.91 Å². The molecular weight excluding hydrogens is 255 g/mol. The summed E-state index contributed by atoms with van der Waals surface area (Å²) in [4.78, 5) is 13.6. The number of carbonyl (C=O) groups is 1. The van der Waals surface area contributed by atoms with Crippen LogP contribution >= 0.6 is 0 Å². The molecule has 2 N–H and O–H groups in total. The van der Waals surface area contributed by atoms with Crippen molar-refractivity contribution in [1.29, 1.82) is 0 Å². The van der Waals surface area contributed by atoms with Crippen LogP contribution in [-0.4, -0.2) is 25.0 Å². The molecule has 1 heterocycles. The minimum absolute atomic E-state index is 0.0230. The molecule has 0 radical (unpaired) electrons. The van der Waals surface area contributed by atoms with Crippen molar-refractivity contribution in [2.24, 2.45) is 0 Å². The zero-order valence-electron chi connectivity index (χ0n) is 12.3. The van der Waals surface area contributed by atoms with E-state index in [9.17, 15) is 9.18 Å². The number of benzene rings is 1. The molecule has 1 atom stereocenters. The molecule has 1 aliphatic rings. The fourth-order valence-corrected chi connectivity index (χ4v) is 2.72. The molecule has 0 saturated carbocycles. The van der Waals surface area contributed by atoms with Crippen LogP contribution in [0, 0.1) is 12.7 Å². The van der Waals surface area contributed by atoms with Crippen molar-refractivity contribution >= 4 is 11.6 Å². The van der Waals surface area contributed by atoms with Gasteiger partial charge in [-0.1, -0.05) is 6.07 Å². The molecule has 4 heteroatoms. The Morgan fingerprint density at radius 2 is 1.90 bits per heavy atom. The zero-order chi connectivity index (χ0) is 14.5. The first kappa shape index (κ1) is 15.0. The molecule has 1 aromatic carbocycles. The van der Waals surface area contributed by atoms with Gasteiger partial charge in [-0.25, -0.2) is 4.39 Å². The van der Waals surface area contributed by atoms with Gasteiger partial charge in [-0.3, -0.25) is 4.79 Å². The van der Waals surface area contributed by atoms with E-state index in [-0.39, 0.29) is 17.8 Å². The Kier molecular flexibility index (Phi) is 5.12. The van der Waals surface area contributed by atoms with E-state index in [1.54, 1.807) is 19.1 Å². The highest BCUT2D eigenvalue weighted by atomic mass is 19.1. The van der Waals surface area contributed by atoms with E-state index < -0.39 is 0 Å². The third-order valence-electron chi connectivity index (χ3n) is 4.19. The van der Waals surface area contributed by atoms with E-state index in [1.165, 1.54) is 36.6 Å². The van der Waals surface area contributed by atoms with E-state index >= 15 is 0 Å². The van der Waals surface area contributed by atoms with E-state index in [4.69, 9.17) is 0 Å². The van der Waals surface area contributed by atoms with Gasteiger partial charge in [0.15, 0.2) is 6.04 Å². The highest BCUT2D eigenvalue weighted by Gasteiger charge is 2.25. The molecule has 0 aliphatic carbocycles. The third-order valence-corrected chi connectivity index (χ3v) is 4.19. The van der Waals surface area contributed by atoms with Crippen LogP contribution in [0.5, 0.6) is 0 Å². The number of aryl methyl sites for hydroxylation is 1. The van der Waals surface area contributed by atoms with Crippen LogP contribution < -0.4 is 10.2 Å². The molecule has 1 aromatic rings. The second-order valence-electron chi connectivity index (χ2n) is 5.75. The Labute approximate surface area is 120 Å². The Bertz CT molecular complexity index is 468. The van der Waals surface area contributed by atoms with Crippen LogP contribution in [0.25, 0.3) is 0 Å². The lowest BCUT2D eigenvalue weighted by atomic mass is 10.2. The van der Waals surface area contributed by atoms with Crippen LogP contribution in [0.15, 0.2) is 18.2 Å². The molecule has 1 amide bonds. The van der Waals surface area contributed by atoms with Crippen LogP contribution in [0.2, 0.25) is 0 Å². The summed E-state index contributed by atoms with van der Waals surface area (Å²) < 4.78 is 13.5. The second-order valence-corrected chi connectivity index (χ2v) is 5.75. The number of anilines is 1. The van der Waals surface area contributed by atoms with Gasteiger partial charge in [0, 0.05) is 5.69 Å². The minimum atomic E-state index is -0.280. The number of nitrogens with one attached hydrogen (secondary N) is 2. The van der Waals surface area contributed by atoms with Crippen molar-refractivity contribution in [2.75, 3.05) is 18.4 Å². The number of amides is 1. The molecule has 0 aromatic heterocycles. The predicted octanol–water partition coefficient (Wildman–Crippen LogP) is 1.92. The molecule has 1 saturated heterocycles. The van der Waals surface area contributed by atoms with Crippen molar-refractivity contribution in [3.05, 3.63) is 29.6 Å². The summed E-state index contributed by atoms with van der Waals surface area (Å²) in [5.74, 6) is -0.303. The van der Waals surface area contributed by atoms with Gasteiger partial charge < -0.3 is 10.2 Å². The van der Waals surface area contributed by atoms with Crippen LogP contribution in [0.4, 0.5) is 10.1 Å².